The number of aromatic nitrogens is 2. The van der Waals surface area contributed by atoms with E-state index in [9.17, 15) is 23.7 Å². The van der Waals surface area contributed by atoms with Crippen molar-refractivity contribution in [2.75, 3.05) is 4.72 Å². The van der Waals surface area contributed by atoms with Crippen molar-refractivity contribution in [1.82, 2.24) is 10.2 Å². The smallest absolute Gasteiger partial charge is 0.263 e. The van der Waals surface area contributed by atoms with E-state index in [1.54, 1.807) is 18.2 Å². The van der Waals surface area contributed by atoms with Crippen molar-refractivity contribution in [2.45, 2.75) is 4.90 Å². The van der Waals surface area contributed by atoms with Gasteiger partial charge in [0, 0.05) is 5.56 Å². The molecule has 1 aromatic heterocycles. The van der Waals surface area contributed by atoms with E-state index in [1.807, 2.05) is 0 Å². The Morgan fingerprint density at radius 3 is 2.21 bits per heavy atom. The summed E-state index contributed by atoms with van der Waals surface area (Å²) in [7, 11) is -3.79. The fourth-order valence-electron chi connectivity index (χ4n) is 1.88. The molecule has 0 saturated carbocycles. The molecule has 0 bridgehead atoms. The second-order valence-corrected chi connectivity index (χ2v) is 7.35. The average molecular weight is 365 g/mol. The highest BCUT2D eigenvalue weighted by molar-refractivity contribution is 7.93. The number of sulfonamides is 1. The van der Waals surface area contributed by atoms with Crippen molar-refractivity contribution < 1.29 is 23.7 Å². The van der Waals surface area contributed by atoms with Crippen LogP contribution in [0.5, 0.6) is 17.2 Å². The quantitative estimate of drug-likeness (QED) is 0.521. The topological polar surface area (TPSA) is 133 Å². The second kappa shape index (κ2) is 5.98. The van der Waals surface area contributed by atoms with Gasteiger partial charge in [0.15, 0.2) is 17.2 Å². The van der Waals surface area contributed by atoms with Gasteiger partial charge in [-0.25, -0.2) is 8.42 Å². The van der Waals surface area contributed by atoms with Gasteiger partial charge < -0.3 is 15.3 Å². The summed E-state index contributed by atoms with van der Waals surface area (Å²) in [6.45, 7) is 0. The Kier molecular flexibility index (Phi) is 3.99. The predicted molar refractivity (Wildman–Crippen MR) is 87.6 cm³/mol. The van der Waals surface area contributed by atoms with E-state index in [2.05, 4.69) is 14.9 Å². The van der Waals surface area contributed by atoms with Crippen LogP contribution >= 0.6 is 11.3 Å². The molecule has 0 aliphatic rings. The van der Waals surface area contributed by atoms with Crippen LogP contribution in [0.2, 0.25) is 0 Å². The van der Waals surface area contributed by atoms with Crippen LogP contribution in [0, 0.1) is 0 Å². The number of rotatable bonds is 4. The fourth-order valence-corrected chi connectivity index (χ4v) is 3.86. The number of nitrogens with one attached hydrogen (secondary N) is 1. The number of hydrogen-bond donors (Lipinski definition) is 4. The van der Waals surface area contributed by atoms with E-state index in [4.69, 9.17) is 0 Å². The maximum Gasteiger partial charge on any atom is 0.263 e. The molecule has 0 aliphatic carbocycles. The van der Waals surface area contributed by atoms with Crippen LogP contribution in [0.4, 0.5) is 5.13 Å². The number of phenolic OH excluding ortho intramolecular Hbond substituents is 3. The zero-order valence-electron chi connectivity index (χ0n) is 11.9. The molecule has 0 saturated heterocycles. The van der Waals surface area contributed by atoms with Crippen LogP contribution in [-0.4, -0.2) is 33.9 Å². The van der Waals surface area contributed by atoms with Crippen LogP contribution < -0.4 is 4.72 Å². The molecular formula is C14H11N3O5S2. The monoisotopic (exact) mass is 365 g/mol. The number of nitrogens with zero attached hydrogens (tertiary/aromatic N) is 2. The van der Waals surface area contributed by atoms with Crippen molar-refractivity contribution in [1.29, 1.82) is 0 Å². The van der Waals surface area contributed by atoms with Crippen LogP contribution in [-0.2, 0) is 10.0 Å². The maximum absolute atomic E-state index is 12.2. The lowest BCUT2D eigenvalue weighted by atomic mass is 10.2. The molecule has 1 heterocycles. The molecule has 0 fully saturated rings. The van der Waals surface area contributed by atoms with E-state index in [0.29, 0.717) is 0 Å². The largest absolute Gasteiger partial charge is 0.504 e. The number of hydrogen-bond acceptors (Lipinski definition) is 8. The van der Waals surface area contributed by atoms with Gasteiger partial charge in [0.05, 0.1) is 4.90 Å². The molecule has 3 aromatic rings. The summed E-state index contributed by atoms with van der Waals surface area (Å²) in [5, 5.41) is 36.2. The zero-order valence-corrected chi connectivity index (χ0v) is 13.5. The van der Waals surface area contributed by atoms with Crippen molar-refractivity contribution >= 4 is 26.5 Å². The lowest BCUT2D eigenvalue weighted by molar-refractivity contribution is 0.368. The predicted octanol–water partition coefficient (Wildman–Crippen LogP) is 2.12. The average Bonchev–Trinajstić information content (AvgIpc) is 3.01. The molecule has 0 aliphatic heterocycles. The highest BCUT2D eigenvalue weighted by atomic mass is 32.2. The van der Waals surface area contributed by atoms with E-state index < -0.39 is 27.3 Å². The second-order valence-electron chi connectivity index (χ2n) is 4.69. The maximum atomic E-state index is 12.2. The fraction of sp³-hybridized carbons (Fsp3) is 0. The van der Waals surface area contributed by atoms with Crippen molar-refractivity contribution in [3.8, 4) is 27.8 Å². The molecule has 8 nitrogen and oxygen atoms in total. The summed E-state index contributed by atoms with van der Waals surface area (Å²) in [5.41, 5.74) is 0.283. The summed E-state index contributed by atoms with van der Waals surface area (Å²) in [5.74, 6) is -1.69. The van der Waals surface area contributed by atoms with Crippen molar-refractivity contribution in [3.05, 3.63) is 42.5 Å². The van der Waals surface area contributed by atoms with Gasteiger partial charge in [-0.3, -0.25) is 4.72 Å². The van der Waals surface area contributed by atoms with Crippen LogP contribution in [0.15, 0.2) is 47.4 Å². The Bertz CT molecular complexity index is 964. The molecule has 3 rings (SSSR count). The number of benzene rings is 2. The molecule has 0 radical (unpaired) electrons. The molecule has 0 spiro atoms. The van der Waals surface area contributed by atoms with E-state index in [-0.39, 0.29) is 20.6 Å². The minimum absolute atomic E-state index is 0.0286. The summed E-state index contributed by atoms with van der Waals surface area (Å²) in [4.78, 5) is 0.0849. The lowest BCUT2D eigenvalue weighted by Gasteiger charge is -2.04. The number of anilines is 1. The van der Waals surface area contributed by atoms with E-state index in [1.165, 1.54) is 24.3 Å². The highest BCUT2D eigenvalue weighted by Gasteiger charge is 2.18. The van der Waals surface area contributed by atoms with Crippen molar-refractivity contribution in [3.63, 3.8) is 0 Å². The summed E-state index contributed by atoms with van der Waals surface area (Å²) < 4.78 is 26.7. The van der Waals surface area contributed by atoms with Gasteiger partial charge >= 0.3 is 0 Å². The van der Waals surface area contributed by atoms with Crippen LogP contribution in [0.3, 0.4) is 0 Å². The molecule has 0 unspecified atom stereocenters. The van der Waals surface area contributed by atoms with Gasteiger partial charge in [-0.15, -0.1) is 10.2 Å². The summed E-state index contributed by atoms with van der Waals surface area (Å²) >= 11 is 0.914. The van der Waals surface area contributed by atoms with Gasteiger partial charge in [-0.2, -0.15) is 0 Å². The van der Waals surface area contributed by atoms with Gasteiger partial charge in [-0.05, 0) is 24.3 Å². The van der Waals surface area contributed by atoms with E-state index in [0.717, 1.165) is 11.3 Å². The third-order valence-corrected chi connectivity index (χ3v) is 5.39. The first-order valence-corrected chi connectivity index (χ1v) is 8.83. The molecule has 24 heavy (non-hydrogen) atoms. The minimum atomic E-state index is -3.79. The minimum Gasteiger partial charge on any atom is -0.504 e. The number of phenols is 3. The standard InChI is InChI=1S/C14H11N3O5S2/c18-10-6-8(7-11(19)12(10)20)13-15-16-14(23-13)17-24(21,22)9-4-2-1-3-5-9/h1-7,18-20H,(H,16,17). The van der Waals surface area contributed by atoms with Crippen LogP contribution in [0.1, 0.15) is 0 Å². The Labute approximate surface area is 140 Å². The third kappa shape index (κ3) is 3.09. The Hall–Kier alpha value is -2.85. The van der Waals surface area contributed by atoms with Crippen LogP contribution in [0.25, 0.3) is 10.6 Å². The SMILES string of the molecule is O=S(=O)(Nc1nnc(-c2cc(O)c(O)c(O)c2)s1)c1ccccc1. The Balaban J connectivity index is 1.89. The normalized spacial score (nSPS) is 11.3. The van der Waals surface area contributed by atoms with Gasteiger partial charge in [-0.1, -0.05) is 29.5 Å². The van der Waals surface area contributed by atoms with Crippen molar-refractivity contribution in [2.24, 2.45) is 0 Å². The Morgan fingerprint density at radius 1 is 0.958 bits per heavy atom. The summed E-state index contributed by atoms with van der Waals surface area (Å²) in [6, 6.07) is 10.2. The third-order valence-electron chi connectivity index (χ3n) is 3.02. The van der Waals surface area contributed by atoms with Gasteiger partial charge in [0.1, 0.15) is 5.01 Å². The molecule has 124 valence electrons. The molecule has 0 amide bonds. The van der Waals surface area contributed by atoms with Gasteiger partial charge in [0.2, 0.25) is 5.13 Å². The Morgan fingerprint density at radius 2 is 1.58 bits per heavy atom. The number of aromatic hydroxyl groups is 3. The molecule has 2 aromatic carbocycles. The zero-order chi connectivity index (χ0) is 17.3. The van der Waals surface area contributed by atoms with E-state index >= 15 is 0 Å². The molecule has 0 atom stereocenters. The summed E-state index contributed by atoms with van der Waals surface area (Å²) in [6.07, 6.45) is 0. The lowest BCUT2D eigenvalue weighted by Crippen LogP contribution is -2.12. The first-order chi connectivity index (χ1) is 11.4. The van der Waals surface area contributed by atoms with Gasteiger partial charge in [0.25, 0.3) is 10.0 Å². The first-order valence-electron chi connectivity index (χ1n) is 6.53. The molecule has 10 heteroatoms. The molecule has 4 N–H and O–H groups in total. The molecular weight excluding hydrogens is 354 g/mol. The first kappa shape index (κ1) is 16.0. The highest BCUT2D eigenvalue weighted by Crippen LogP contribution is 2.40.